The van der Waals surface area contributed by atoms with E-state index in [2.05, 4.69) is 4.90 Å². The number of fused-ring (bicyclic) bond motifs is 2. The number of ether oxygens (including phenoxy) is 3. The molecule has 0 aromatic heterocycles. The van der Waals surface area contributed by atoms with E-state index in [1.807, 2.05) is 13.1 Å². The second-order valence-electron chi connectivity index (χ2n) is 6.77. The molecule has 138 valence electrons. The van der Waals surface area contributed by atoms with Gasteiger partial charge in [-0.3, -0.25) is 4.90 Å². The number of hydrogen-bond acceptors (Lipinski definition) is 5. The van der Waals surface area contributed by atoms with Gasteiger partial charge in [-0.1, -0.05) is 12.1 Å². The van der Waals surface area contributed by atoms with E-state index < -0.39 is 6.10 Å². The third-order valence-electron chi connectivity index (χ3n) is 5.25. The van der Waals surface area contributed by atoms with E-state index in [0.29, 0.717) is 29.2 Å². The summed E-state index contributed by atoms with van der Waals surface area (Å²) in [4.78, 5) is 2.21. The maximum absolute atomic E-state index is 13.2. The van der Waals surface area contributed by atoms with Crippen molar-refractivity contribution in [3.63, 3.8) is 0 Å². The molecule has 4 rings (SSSR count). The first-order valence-corrected chi connectivity index (χ1v) is 8.71. The summed E-state index contributed by atoms with van der Waals surface area (Å²) >= 11 is 0. The Morgan fingerprint density at radius 2 is 2.08 bits per heavy atom. The van der Waals surface area contributed by atoms with Crippen molar-refractivity contribution in [1.82, 2.24) is 4.90 Å². The van der Waals surface area contributed by atoms with Crippen LogP contribution < -0.4 is 14.2 Å². The largest absolute Gasteiger partial charge is 0.492 e. The summed E-state index contributed by atoms with van der Waals surface area (Å²) in [5.74, 6) is 1.71. The third kappa shape index (κ3) is 2.89. The van der Waals surface area contributed by atoms with Gasteiger partial charge in [0.15, 0.2) is 11.5 Å². The van der Waals surface area contributed by atoms with Crippen molar-refractivity contribution in [3.8, 4) is 17.2 Å². The SMILES string of the molecule is COc1c2c(cc3c1[C@H](C[C@@H](O)c1ccc(F)cc1)N(C)CC3)OCO2. The van der Waals surface area contributed by atoms with Crippen LogP contribution in [0.15, 0.2) is 30.3 Å². The second-order valence-corrected chi connectivity index (χ2v) is 6.77. The molecule has 2 aromatic rings. The van der Waals surface area contributed by atoms with Gasteiger partial charge in [0.2, 0.25) is 12.5 Å². The molecule has 2 aromatic carbocycles. The molecule has 1 N–H and O–H groups in total. The highest BCUT2D eigenvalue weighted by molar-refractivity contribution is 5.61. The minimum absolute atomic E-state index is 0.0387. The molecule has 0 aliphatic carbocycles. The lowest BCUT2D eigenvalue weighted by Crippen LogP contribution is -2.33. The van der Waals surface area contributed by atoms with Gasteiger partial charge < -0.3 is 19.3 Å². The summed E-state index contributed by atoms with van der Waals surface area (Å²) in [5.41, 5.74) is 2.89. The Labute approximate surface area is 151 Å². The smallest absolute Gasteiger partial charge is 0.231 e. The summed E-state index contributed by atoms with van der Waals surface area (Å²) in [6, 6.07) is 7.97. The van der Waals surface area contributed by atoms with Gasteiger partial charge in [0.05, 0.1) is 13.2 Å². The highest BCUT2D eigenvalue weighted by atomic mass is 19.1. The molecule has 0 fully saturated rings. The van der Waals surface area contributed by atoms with Crippen LogP contribution in [0.2, 0.25) is 0 Å². The second kappa shape index (κ2) is 6.78. The Hall–Kier alpha value is -2.31. The van der Waals surface area contributed by atoms with Gasteiger partial charge in [-0.25, -0.2) is 4.39 Å². The van der Waals surface area contributed by atoms with Crippen molar-refractivity contribution >= 4 is 0 Å². The number of nitrogens with zero attached hydrogens (tertiary/aromatic N) is 1. The topological polar surface area (TPSA) is 51.2 Å². The number of likely N-dealkylation sites (N-methyl/N-ethyl adjacent to an activating group) is 1. The van der Waals surface area contributed by atoms with Crippen LogP contribution in [0.3, 0.4) is 0 Å². The van der Waals surface area contributed by atoms with Crippen LogP contribution in [-0.2, 0) is 6.42 Å². The predicted molar refractivity (Wildman–Crippen MR) is 94.2 cm³/mol. The molecule has 2 aliphatic rings. The zero-order valence-corrected chi connectivity index (χ0v) is 14.9. The van der Waals surface area contributed by atoms with E-state index in [1.165, 1.54) is 12.1 Å². The summed E-state index contributed by atoms with van der Waals surface area (Å²) in [7, 11) is 3.66. The molecule has 26 heavy (non-hydrogen) atoms. The molecule has 2 atom stereocenters. The van der Waals surface area contributed by atoms with Crippen LogP contribution in [0.4, 0.5) is 4.39 Å². The third-order valence-corrected chi connectivity index (χ3v) is 5.25. The minimum atomic E-state index is -0.705. The molecule has 0 saturated heterocycles. The van der Waals surface area contributed by atoms with E-state index in [1.54, 1.807) is 19.2 Å². The van der Waals surface area contributed by atoms with Gasteiger partial charge in [0, 0.05) is 18.2 Å². The van der Waals surface area contributed by atoms with Crippen molar-refractivity contribution < 1.29 is 23.7 Å². The van der Waals surface area contributed by atoms with Gasteiger partial charge in [-0.05, 0) is 49.2 Å². The van der Waals surface area contributed by atoms with Crippen LogP contribution >= 0.6 is 0 Å². The van der Waals surface area contributed by atoms with Crippen molar-refractivity contribution in [2.45, 2.75) is 25.0 Å². The summed E-state index contributed by atoms with van der Waals surface area (Å²) in [5, 5.41) is 10.7. The van der Waals surface area contributed by atoms with Crippen LogP contribution in [0, 0.1) is 5.82 Å². The minimum Gasteiger partial charge on any atom is -0.492 e. The van der Waals surface area contributed by atoms with E-state index >= 15 is 0 Å². The molecule has 0 unspecified atom stereocenters. The van der Waals surface area contributed by atoms with Crippen LogP contribution in [-0.4, -0.2) is 37.5 Å². The zero-order valence-electron chi connectivity index (χ0n) is 14.9. The normalized spacial score (nSPS) is 19.9. The fourth-order valence-corrected chi connectivity index (χ4v) is 3.86. The van der Waals surface area contributed by atoms with Crippen molar-refractivity contribution in [3.05, 3.63) is 52.8 Å². The quantitative estimate of drug-likeness (QED) is 0.908. The Bertz CT molecular complexity index is 808. The Balaban J connectivity index is 1.70. The molecule has 6 heteroatoms. The Morgan fingerprint density at radius 1 is 1.31 bits per heavy atom. The molecule has 0 bridgehead atoms. The van der Waals surface area contributed by atoms with Crippen molar-refractivity contribution in [2.75, 3.05) is 27.5 Å². The lowest BCUT2D eigenvalue weighted by atomic mass is 9.87. The molecular weight excluding hydrogens is 337 g/mol. The number of benzene rings is 2. The first kappa shape index (κ1) is 17.1. The predicted octanol–water partition coefficient (Wildman–Crippen LogP) is 3.22. The van der Waals surface area contributed by atoms with Crippen molar-refractivity contribution in [2.24, 2.45) is 0 Å². The lowest BCUT2D eigenvalue weighted by molar-refractivity contribution is 0.107. The zero-order chi connectivity index (χ0) is 18.3. The summed E-state index contributed by atoms with van der Waals surface area (Å²) < 4.78 is 30.0. The summed E-state index contributed by atoms with van der Waals surface area (Å²) in [6.45, 7) is 1.06. The number of rotatable bonds is 4. The first-order valence-electron chi connectivity index (χ1n) is 8.71. The van der Waals surface area contributed by atoms with E-state index in [0.717, 1.165) is 24.1 Å². The van der Waals surface area contributed by atoms with Gasteiger partial charge in [0.1, 0.15) is 5.82 Å². The maximum Gasteiger partial charge on any atom is 0.231 e. The van der Waals surface area contributed by atoms with E-state index in [4.69, 9.17) is 14.2 Å². The molecule has 5 nitrogen and oxygen atoms in total. The number of aliphatic hydroxyl groups excluding tert-OH is 1. The number of hydrogen-bond donors (Lipinski definition) is 1. The van der Waals surface area contributed by atoms with Crippen LogP contribution in [0.1, 0.15) is 35.3 Å². The van der Waals surface area contributed by atoms with Gasteiger partial charge >= 0.3 is 0 Å². The van der Waals surface area contributed by atoms with Gasteiger partial charge in [-0.2, -0.15) is 0 Å². The standard InChI is InChI=1S/C20H22FNO4/c1-22-8-7-13-9-17-19(26-11-25-17)20(24-2)18(13)15(22)10-16(23)12-3-5-14(21)6-4-12/h3-6,9,15-16,23H,7-8,10-11H2,1-2H3/t15-,16+/m0/s1. The number of aliphatic hydroxyl groups is 1. The van der Waals surface area contributed by atoms with Gasteiger partial charge in [-0.15, -0.1) is 0 Å². The average Bonchev–Trinajstić information content (AvgIpc) is 3.11. The maximum atomic E-state index is 13.2. The van der Waals surface area contributed by atoms with Crippen LogP contribution in [0.25, 0.3) is 0 Å². The lowest BCUT2D eigenvalue weighted by Gasteiger charge is -2.37. The Kier molecular flexibility index (Phi) is 4.46. The number of methoxy groups -OCH3 is 1. The molecule has 0 amide bonds. The summed E-state index contributed by atoms with van der Waals surface area (Å²) in [6.07, 6.45) is 0.650. The van der Waals surface area contributed by atoms with Crippen molar-refractivity contribution in [1.29, 1.82) is 0 Å². The average molecular weight is 359 g/mol. The molecule has 0 spiro atoms. The first-order chi connectivity index (χ1) is 12.6. The number of halogens is 1. The molecule has 0 radical (unpaired) electrons. The highest BCUT2D eigenvalue weighted by Crippen LogP contribution is 2.50. The van der Waals surface area contributed by atoms with E-state index in [9.17, 15) is 9.50 Å². The molecule has 0 saturated carbocycles. The molecular formula is C20H22FNO4. The molecule has 2 heterocycles. The monoisotopic (exact) mass is 359 g/mol. The van der Waals surface area contributed by atoms with E-state index in [-0.39, 0.29) is 18.7 Å². The molecule has 2 aliphatic heterocycles. The fraction of sp³-hybridized carbons (Fsp3) is 0.400. The Morgan fingerprint density at radius 3 is 2.81 bits per heavy atom. The van der Waals surface area contributed by atoms with Crippen LogP contribution in [0.5, 0.6) is 17.2 Å². The fourth-order valence-electron chi connectivity index (χ4n) is 3.86. The van der Waals surface area contributed by atoms with Gasteiger partial charge in [0.25, 0.3) is 0 Å². The highest BCUT2D eigenvalue weighted by Gasteiger charge is 2.35.